The van der Waals surface area contributed by atoms with E-state index in [4.69, 9.17) is 17.2 Å². The Balaban J connectivity index is 5.37. The molecular formula is C20H37N7O7S. The maximum absolute atomic E-state index is 12.9. The van der Waals surface area contributed by atoms with Crippen molar-refractivity contribution in [2.75, 3.05) is 18.6 Å². The number of guanidine groups is 1. The van der Waals surface area contributed by atoms with Crippen LogP contribution in [0.4, 0.5) is 0 Å². The fourth-order valence-corrected chi connectivity index (χ4v) is 3.33. The number of nitrogens with two attached hydrogens (primary N) is 3. The minimum absolute atomic E-state index is 0.0835. The largest absolute Gasteiger partial charge is 0.481 e. The van der Waals surface area contributed by atoms with E-state index >= 15 is 0 Å². The number of nitrogens with one attached hydrogen (secondary N) is 3. The smallest absolute Gasteiger partial charge is 0.326 e. The number of hydrogen-bond acceptors (Lipinski definition) is 8. The molecule has 11 N–H and O–H groups in total. The Hall–Kier alpha value is -3.07. The lowest BCUT2D eigenvalue weighted by Crippen LogP contribution is -2.58. The third-order valence-electron chi connectivity index (χ3n) is 4.79. The Morgan fingerprint density at radius 3 is 1.97 bits per heavy atom. The zero-order valence-electron chi connectivity index (χ0n) is 20.2. The summed E-state index contributed by atoms with van der Waals surface area (Å²) in [6.07, 6.45) is 1.87. The first-order chi connectivity index (χ1) is 16.3. The summed E-state index contributed by atoms with van der Waals surface area (Å²) in [6.45, 7) is 3.41. The molecule has 0 aliphatic heterocycles. The topological polar surface area (TPSA) is 252 Å². The van der Waals surface area contributed by atoms with Gasteiger partial charge >= 0.3 is 11.9 Å². The van der Waals surface area contributed by atoms with E-state index < -0.39 is 66.2 Å². The minimum atomic E-state index is -1.55. The fraction of sp³-hybridized carbons (Fsp3) is 0.700. The minimum Gasteiger partial charge on any atom is -0.481 e. The zero-order valence-corrected chi connectivity index (χ0v) is 21.0. The number of rotatable bonds is 17. The number of carbonyl (C=O) groups excluding carboxylic acids is 3. The molecule has 0 aromatic heterocycles. The first-order valence-electron chi connectivity index (χ1n) is 11.0. The van der Waals surface area contributed by atoms with E-state index in [1.54, 1.807) is 20.1 Å². The molecule has 0 saturated carbocycles. The summed E-state index contributed by atoms with van der Waals surface area (Å²) in [5.41, 5.74) is 16.4. The Morgan fingerprint density at radius 2 is 1.49 bits per heavy atom. The van der Waals surface area contributed by atoms with Gasteiger partial charge in [0.1, 0.15) is 18.1 Å². The maximum atomic E-state index is 12.9. The summed E-state index contributed by atoms with van der Waals surface area (Å²) >= 11 is 1.41. The molecule has 4 unspecified atom stereocenters. The van der Waals surface area contributed by atoms with Crippen LogP contribution < -0.4 is 33.2 Å². The highest BCUT2D eigenvalue weighted by molar-refractivity contribution is 7.98. The van der Waals surface area contributed by atoms with Crippen LogP contribution in [0.15, 0.2) is 4.99 Å². The quantitative estimate of drug-likeness (QED) is 0.0580. The second-order valence-electron chi connectivity index (χ2n) is 8.13. The normalized spacial score (nSPS) is 14.2. The number of amides is 3. The van der Waals surface area contributed by atoms with Crippen molar-refractivity contribution in [1.29, 1.82) is 0 Å². The fourth-order valence-electron chi connectivity index (χ4n) is 2.86. The van der Waals surface area contributed by atoms with Gasteiger partial charge in [-0.3, -0.25) is 24.2 Å². The van der Waals surface area contributed by atoms with Crippen LogP contribution >= 0.6 is 11.8 Å². The predicted octanol–water partition coefficient (Wildman–Crippen LogP) is -2.21. The highest BCUT2D eigenvalue weighted by Gasteiger charge is 2.32. The van der Waals surface area contributed by atoms with Gasteiger partial charge in [-0.2, -0.15) is 11.8 Å². The first-order valence-corrected chi connectivity index (χ1v) is 12.3. The summed E-state index contributed by atoms with van der Waals surface area (Å²) in [5, 5.41) is 25.5. The van der Waals surface area contributed by atoms with Gasteiger partial charge in [-0.1, -0.05) is 13.8 Å². The van der Waals surface area contributed by atoms with Gasteiger partial charge in [0.05, 0.1) is 12.5 Å². The Morgan fingerprint density at radius 1 is 0.914 bits per heavy atom. The molecule has 200 valence electrons. The van der Waals surface area contributed by atoms with Crippen molar-refractivity contribution in [2.45, 2.75) is 63.7 Å². The molecule has 0 radical (unpaired) electrons. The third kappa shape index (κ3) is 13.4. The lowest BCUT2D eigenvalue weighted by atomic mass is 10.0. The number of hydrogen-bond donors (Lipinski definition) is 8. The van der Waals surface area contributed by atoms with Crippen LogP contribution in [0.25, 0.3) is 0 Å². The highest BCUT2D eigenvalue weighted by atomic mass is 32.2. The first kappa shape index (κ1) is 31.9. The summed E-state index contributed by atoms with van der Waals surface area (Å²) in [6, 6.07) is -4.88. The molecule has 4 atom stereocenters. The van der Waals surface area contributed by atoms with Gasteiger partial charge in [0.15, 0.2) is 5.96 Å². The molecular weight excluding hydrogens is 482 g/mol. The molecule has 14 nitrogen and oxygen atoms in total. The number of carboxylic acids is 2. The van der Waals surface area contributed by atoms with Gasteiger partial charge < -0.3 is 43.4 Å². The summed E-state index contributed by atoms with van der Waals surface area (Å²) in [7, 11) is 0. The lowest BCUT2D eigenvalue weighted by molar-refractivity contribution is -0.144. The number of thioether (sulfide) groups is 1. The zero-order chi connectivity index (χ0) is 27.1. The standard InChI is InChI=1S/C20H37N7O7S/c1-10(2)15(19(33)34)27-18(32)13(9-14(28)29)26-17(31)12(6-8-35-3)25-16(30)11(21)5-4-7-24-20(22)23/h10-13,15H,4-9,21H2,1-3H3,(H,25,30)(H,26,31)(H,27,32)(H,28,29)(H,33,34)(H4,22,23,24). The van der Waals surface area contributed by atoms with E-state index in [0.717, 1.165) is 0 Å². The molecule has 3 amide bonds. The molecule has 0 bridgehead atoms. The van der Waals surface area contributed by atoms with Crippen LogP contribution in [-0.2, 0) is 24.0 Å². The van der Waals surface area contributed by atoms with E-state index in [2.05, 4.69) is 20.9 Å². The molecule has 0 aliphatic carbocycles. The second kappa shape index (κ2) is 16.5. The van der Waals surface area contributed by atoms with Crippen molar-refractivity contribution in [2.24, 2.45) is 28.1 Å². The molecule has 0 aromatic rings. The Bertz CT molecular complexity index is 775. The van der Waals surface area contributed by atoms with Crippen LogP contribution in [0.5, 0.6) is 0 Å². The van der Waals surface area contributed by atoms with E-state index in [0.29, 0.717) is 12.2 Å². The van der Waals surface area contributed by atoms with Crippen molar-refractivity contribution >= 4 is 47.4 Å². The molecule has 0 saturated heterocycles. The Kier molecular flexibility index (Phi) is 15.1. The van der Waals surface area contributed by atoms with Crippen molar-refractivity contribution in [3.05, 3.63) is 0 Å². The van der Waals surface area contributed by atoms with Gasteiger partial charge in [0, 0.05) is 6.54 Å². The number of aliphatic carboxylic acids is 2. The lowest BCUT2D eigenvalue weighted by Gasteiger charge is -2.25. The van der Waals surface area contributed by atoms with Crippen molar-refractivity contribution < 1.29 is 34.2 Å². The molecule has 0 aliphatic rings. The molecule has 0 spiro atoms. The van der Waals surface area contributed by atoms with Crippen molar-refractivity contribution in [1.82, 2.24) is 16.0 Å². The van der Waals surface area contributed by atoms with E-state index in [1.165, 1.54) is 11.8 Å². The van der Waals surface area contributed by atoms with Gasteiger partial charge in [-0.25, -0.2) is 4.79 Å². The number of carbonyl (C=O) groups is 5. The number of nitrogens with zero attached hydrogens (tertiary/aromatic N) is 1. The van der Waals surface area contributed by atoms with Gasteiger partial charge in [-0.05, 0) is 37.2 Å². The second-order valence-corrected chi connectivity index (χ2v) is 9.11. The van der Waals surface area contributed by atoms with E-state index in [-0.39, 0.29) is 25.3 Å². The molecule has 0 heterocycles. The van der Waals surface area contributed by atoms with E-state index in [9.17, 15) is 34.2 Å². The van der Waals surface area contributed by atoms with Crippen LogP contribution in [0.2, 0.25) is 0 Å². The number of aliphatic imine (C=N–C) groups is 1. The molecule has 35 heavy (non-hydrogen) atoms. The molecule has 0 fully saturated rings. The van der Waals surface area contributed by atoms with E-state index in [1.807, 2.05) is 0 Å². The average molecular weight is 520 g/mol. The number of carboxylic acid groups (broad SMARTS) is 2. The van der Waals surface area contributed by atoms with Crippen LogP contribution in [0.3, 0.4) is 0 Å². The molecule has 0 aromatic carbocycles. The predicted molar refractivity (Wildman–Crippen MR) is 131 cm³/mol. The maximum Gasteiger partial charge on any atom is 0.326 e. The van der Waals surface area contributed by atoms with Crippen LogP contribution in [-0.4, -0.2) is 88.6 Å². The van der Waals surface area contributed by atoms with Crippen molar-refractivity contribution in [3.63, 3.8) is 0 Å². The summed E-state index contributed by atoms with van der Waals surface area (Å²) < 4.78 is 0. The summed E-state index contributed by atoms with van der Waals surface area (Å²) in [5.74, 6) is -5.14. The highest BCUT2D eigenvalue weighted by Crippen LogP contribution is 2.06. The van der Waals surface area contributed by atoms with Crippen LogP contribution in [0, 0.1) is 5.92 Å². The third-order valence-corrected chi connectivity index (χ3v) is 5.43. The SMILES string of the molecule is CSCCC(NC(=O)C(N)CCCN=C(N)N)C(=O)NC(CC(=O)O)C(=O)NC(C(=O)O)C(C)C. The van der Waals surface area contributed by atoms with Crippen molar-refractivity contribution in [3.8, 4) is 0 Å². The van der Waals surface area contributed by atoms with Gasteiger partial charge in [0.25, 0.3) is 0 Å². The average Bonchev–Trinajstić information content (AvgIpc) is 2.75. The van der Waals surface area contributed by atoms with Gasteiger partial charge in [0.2, 0.25) is 17.7 Å². The molecule has 15 heteroatoms. The van der Waals surface area contributed by atoms with Crippen LogP contribution in [0.1, 0.15) is 39.5 Å². The van der Waals surface area contributed by atoms with Gasteiger partial charge in [-0.15, -0.1) is 0 Å². The monoisotopic (exact) mass is 519 g/mol. The Labute approximate surface area is 208 Å². The molecule has 0 rings (SSSR count). The summed E-state index contributed by atoms with van der Waals surface area (Å²) in [4.78, 5) is 64.4.